The summed E-state index contributed by atoms with van der Waals surface area (Å²) >= 11 is 3.38. The van der Waals surface area contributed by atoms with Crippen molar-refractivity contribution in [1.29, 1.82) is 0 Å². The Morgan fingerprint density at radius 2 is 2.25 bits per heavy atom. The molecule has 0 fully saturated rings. The van der Waals surface area contributed by atoms with Crippen LogP contribution in [0.25, 0.3) is 0 Å². The summed E-state index contributed by atoms with van der Waals surface area (Å²) in [5.41, 5.74) is 0.895. The highest BCUT2D eigenvalue weighted by Crippen LogP contribution is 2.17. The highest BCUT2D eigenvalue weighted by atomic mass is 79.9. The number of aromatic amines is 1. The first-order valence-corrected chi connectivity index (χ1v) is 5.68. The van der Waals surface area contributed by atoms with E-state index in [4.69, 9.17) is 0 Å². The fourth-order valence-electron chi connectivity index (χ4n) is 1.39. The second-order valence-electron chi connectivity index (χ2n) is 3.38. The van der Waals surface area contributed by atoms with E-state index in [1.807, 2.05) is 0 Å². The summed E-state index contributed by atoms with van der Waals surface area (Å²) < 4.78 is 13.9. The van der Waals surface area contributed by atoms with E-state index in [-0.39, 0.29) is 5.82 Å². The number of H-pyrrole nitrogens is 1. The molecular weight excluding hydrogens is 273 g/mol. The third kappa shape index (κ3) is 2.90. The molecule has 1 aromatic heterocycles. The highest BCUT2D eigenvalue weighted by molar-refractivity contribution is 9.10. The largest absolute Gasteiger partial charge is 0.348 e. The van der Waals surface area contributed by atoms with Crippen molar-refractivity contribution in [3.05, 3.63) is 52.3 Å². The van der Waals surface area contributed by atoms with E-state index in [2.05, 4.69) is 31.2 Å². The number of nitrogens with one attached hydrogen (secondary N) is 2. The molecule has 2 N–H and O–H groups in total. The molecule has 3 nitrogen and oxygen atoms in total. The van der Waals surface area contributed by atoms with Gasteiger partial charge in [0, 0.05) is 23.4 Å². The minimum Gasteiger partial charge on any atom is -0.348 e. The Hall–Kier alpha value is -1.20. The molecule has 0 aliphatic carbocycles. The average Bonchev–Trinajstić information content (AvgIpc) is 2.76. The third-order valence-corrected chi connectivity index (χ3v) is 2.94. The lowest BCUT2D eigenvalue weighted by atomic mass is 10.2. The van der Waals surface area contributed by atoms with Crippen LogP contribution in [0.4, 0.5) is 4.39 Å². The molecule has 0 bridgehead atoms. The molecule has 0 saturated carbocycles. The van der Waals surface area contributed by atoms with Gasteiger partial charge in [-0.2, -0.15) is 0 Å². The van der Waals surface area contributed by atoms with Crippen molar-refractivity contribution in [1.82, 2.24) is 15.3 Å². The van der Waals surface area contributed by atoms with Crippen LogP contribution < -0.4 is 5.32 Å². The van der Waals surface area contributed by atoms with Crippen LogP contribution in [0.5, 0.6) is 0 Å². The Labute approximate surface area is 101 Å². The van der Waals surface area contributed by atoms with Gasteiger partial charge in [0.25, 0.3) is 0 Å². The van der Waals surface area contributed by atoms with Crippen LogP contribution in [0.2, 0.25) is 0 Å². The third-order valence-electron chi connectivity index (χ3n) is 2.17. The van der Waals surface area contributed by atoms with Gasteiger partial charge in [-0.1, -0.05) is 15.9 Å². The number of hydrogen-bond acceptors (Lipinski definition) is 2. The molecule has 0 aliphatic heterocycles. The van der Waals surface area contributed by atoms with Crippen LogP contribution in [0.3, 0.4) is 0 Å². The molecule has 5 heteroatoms. The standard InChI is InChI=1S/C11H11BrFN3/c12-10-2-1-9(13)5-8(10)6-14-7-11-15-3-4-16-11/h1-5,14H,6-7H2,(H,15,16). The number of benzene rings is 1. The second kappa shape index (κ2) is 5.23. The number of imidazole rings is 1. The number of rotatable bonds is 4. The molecule has 0 amide bonds. The van der Waals surface area contributed by atoms with Gasteiger partial charge in [0.05, 0.1) is 6.54 Å². The Bertz CT molecular complexity index is 456. The van der Waals surface area contributed by atoms with Crippen molar-refractivity contribution in [2.45, 2.75) is 13.1 Å². The van der Waals surface area contributed by atoms with Crippen LogP contribution in [-0.2, 0) is 13.1 Å². The molecule has 0 radical (unpaired) electrons. The molecule has 0 atom stereocenters. The van der Waals surface area contributed by atoms with Crippen LogP contribution in [-0.4, -0.2) is 9.97 Å². The summed E-state index contributed by atoms with van der Waals surface area (Å²) in [6.07, 6.45) is 3.48. The topological polar surface area (TPSA) is 40.7 Å². The van der Waals surface area contributed by atoms with Crippen molar-refractivity contribution < 1.29 is 4.39 Å². The smallest absolute Gasteiger partial charge is 0.123 e. The fraction of sp³-hybridized carbons (Fsp3) is 0.182. The van der Waals surface area contributed by atoms with Gasteiger partial charge in [-0.05, 0) is 23.8 Å². The molecule has 16 heavy (non-hydrogen) atoms. The lowest BCUT2D eigenvalue weighted by molar-refractivity contribution is 0.617. The molecule has 0 aliphatic rings. The predicted molar refractivity (Wildman–Crippen MR) is 63.2 cm³/mol. The van der Waals surface area contributed by atoms with E-state index >= 15 is 0 Å². The van der Waals surface area contributed by atoms with Gasteiger partial charge < -0.3 is 10.3 Å². The first kappa shape index (κ1) is 11.3. The van der Waals surface area contributed by atoms with E-state index in [0.717, 1.165) is 15.9 Å². The van der Waals surface area contributed by atoms with E-state index in [9.17, 15) is 4.39 Å². The summed E-state index contributed by atoms with van der Waals surface area (Å²) in [4.78, 5) is 7.07. The van der Waals surface area contributed by atoms with E-state index < -0.39 is 0 Å². The molecule has 0 saturated heterocycles. The summed E-state index contributed by atoms with van der Waals surface area (Å²) in [5, 5.41) is 3.18. The molecule has 1 aromatic carbocycles. The van der Waals surface area contributed by atoms with Crippen LogP contribution in [0, 0.1) is 5.82 Å². The zero-order valence-corrected chi connectivity index (χ0v) is 10.1. The Morgan fingerprint density at radius 1 is 1.38 bits per heavy atom. The van der Waals surface area contributed by atoms with Crippen molar-refractivity contribution in [3.63, 3.8) is 0 Å². The summed E-state index contributed by atoms with van der Waals surface area (Å²) in [6, 6.07) is 4.65. The normalized spacial score (nSPS) is 10.6. The molecule has 2 aromatic rings. The molecule has 0 spiro atoms. The van der Waals surface area contributed by atoms with Crippen molar-refractivity contribution in [2.75, 3.05) is 0 Å². The zero-order chi connectivity index (χ0) is 11.4. The number of aromatic nitrogens is 2. The minimum absolute atomic E-state index is 0.224. The van der Waals surface area contributed by atoms with Gasteiger partial charge >= 0.3 is 0 Å². The lowest BCUT2D eigenvalue weighted by Gasteiger charge is -2.05. The SMILES string of the molecule is Fc1ccc(Br)c(CNCc2ncc[nH]2)c1. The highest BCUT2D eigenvalue weighted by Gasteiger charge is 2.01. The van der Waals surface area contributed by atoms with Crippen molar-refractivity contribution in [3.8, 4) is 0 Å². The fourth-order valence-corrected chi connectivity index (χ4v) is 1.78. The monoisotopic (exact) mass is 283 g/mol. The molecule has 1 heterocycles. The zero-order valence-electron chi connectivity index (χ0n) is 8.50. The maximum Gasteiger partial charge on any atom is 0.123 e. The first-order chi connectivity index (χ1) is 7.75. The number of hydrogen-bond donors (Lipinski definition) is 2. The molecular formula is C11H11BrFN3. The van der Waals surface area contributed by atoms with Gasteiger partial charge in [-0.3, -0.25) is 0 Å². The van der Waals surface area contributed by atoms with Crippen molar-refractivity contribution >= 4 is 15.9 Å². The molecule has 84 valence electrons. The maximum atomic E-state index is 13.0. The molecule has 0 unspecified atom stereocenters. The predicted octanol–water partition coefficient (Wildman–Crippen LogP) is 2.60. The van der Waals surface area contributed by atoms with E-state index in [1.54, 1.807) is 18.5 Å². The van der Waals surface area contributed by atoms with Gasteiger partial charge in [-0.25, -0.2) is 9.37 Å². The second-order valence-corrected chi connectivity index (χ2v) is 4.23. The van der Waals surface area contributed by atoms with E-state index in [0.29, 0.717) is 13.1 Å². The Morgan fingerprint density at radius 3 is 3.00 bits per heavy atom. The Balaban J connectivity index is 1.92. The number of halogens is 2. The van der Waals surface area contributed by atoms with Gasteiger partial charge in [0.2, 0.25) is 0 Å². The van der Waals surface area contributed by atoms with Crippen LogP contribution in [0.15, 0.2) is 35.1 Å². The van der Waals surface area contributed by atoms with Gasteiger partial charge in [-0.15, -0.1) is 0 Å². The van der Waals surface area contributed by atoms with Crippen LogP contribution >= 0.6 is 15.9 Å². The number of nitrogens with zero attached hydrogens (tertiary/aromatic N) is 1. The maximum absolute atomic E-state index is 13.0. The van der Waals surface area contributed by atoms with Crippen molar-refractivity contribution in [2.24, 2.45) is 0 Å². The molecule has 2 rings (SSSR count). The summed E-state index contributed by atoms with van der Waals surface area (Å²) in [7, 11) is 0. The quantitative estimate of drug-likeness (QED) is 0.906. The van der Waals surface area contributed by atoms with Gasteiger partial charge in [0.15, 0.2) is 0 Å². The Kier molecular flexibility index (Phi) is 3.69. The average molecular weight is 284 g/mol. The summed E-state index contributed by atoms with van der Waals surface area (Å²) in [5.74, 6) is 0.644. The summed E-state index contributed by atoms with van der Waals surface area (Å²) in [6.45, 7) is 1.23. The van der Waals surface area contributed by atoms with Crippen LogP contribution in [0.1, 0.15) is 11.4 Å². The minimum atomic E-state index is -0.224. The van der Waals surface area contributed by atoms with E-state index in [1.165, 1.54) is 12.1 Å². The first-order valence-electron chi connectivity index (χ1n) is 4.88. The lowest BCUT2D eigenvalue weighted by Crippen LogP contribution is -2.14. The van der Waals surface area contributed by atoms with Gasteiger partial charge in [0.1, 0.15) is 11.6 Å².